The summed E-state index contributed by atoms with van der Waals surface area (Å²) in [7, 11) is 0. The molecule has 2 aromatic rings. The maximum atomic E-state index is 12.0. The van der Waals surface area contributed by atoms with Crippen LogP contribution in [0.4, 0.5) is 0 Å². The van der Waals surface area contributed by atoms with Crippen molar-refractivity contribution in [2.75, 3.05) is 6.54 Å². The van der Waals surface area contributed by atoms with Gasteiger partial charge in [0.1, 0.15) is 0 Å². The third-order valence-corrected chi connectivity index (χ3v) is 3.88. The number of carbonyl (C=O) groups excluding carboxylic acids is 1. The molecule has 0 aliphatic carbocycles. The lowest BCUT2D eigenvalue weighted by molar-refractivity contribution is -0.127. The highest BCUT2D eigenvalue weighted by Crippen LogP contribution is 2.33. The van der Waals surface area contributed by atoms with Crippen LogP contribution in [0.1, 0.15) is 22.6 Å². The summed E-state index contributed by atoms with van der Waals surface area (Å²) in [6.45, 7) is 4.98. The van der Waals surface area contributed by atoms with Gasteiger partial charge in [-0.15, -0.1) is 0 Å². The molecule has 1 amide bonds. The average Bonchev–Trinajstić information content (AvgIpc) is 2.54. The minimum absolute atomic E-state index is 0.000402. The van der Waals surface area contributed by atoms with E-state index >= 15 is 0 Å². The highest BCUT2D eigenvalue weighted by molar-refractivity contribution is 5.87. The topological polar surface area (TPSA) is 20.3 Å². The standard InChI is InChI=1S/C18H17NO/c1-2-18(20)19-12-15-10-6-7-11-16(15)17(13-19)14-8-4-3-5-9-14/h2-11,17H,1,12-13H2/t17-/m1/s1. The van der Waals surface area contributed by atoms with Gasteiger partial charge in [-0.25, -0.2) is 0 Å². The van der Waals surface area contributed by atoms with Crippen LogP contribution >= 0.6 is 0 Å². The Labute approximate surface area is 119 Å². The zero-order valence-electron chi connectivity index (χ0n) is 11.3. The lowest BCUT2D eigenvalue weighted by Crippen LogP contribution is -2.37. The van der Waals surface area contributed by atoms with Crippen LogP contribution in [-0.4, -0.2) is 17.4 Å². The number of carbonyl (C=O) groups is 1. The molecule has 0 unspecified atom stereocenters. The smallest absolute Gasteiger partial charge is 0.246 e. The molecule has 1 aliphatic rings. The minimum Gasteiger partial charge on any atom is -0.334 e. The van der Waals surface area contributed by atoms with Crippen LogP contribution in [-0.2, 0) is 11.3 Å². The zero-order chi connectivity index (χ0) is 13.9. The molecule has 2 nitrogen and oxygen atoms in total. The predicted octanol–water partition coefficient (Wildman–Crippen LogP) is 3.35. The summed E-state index contributed by atoms with van der Waals surface area (Å²) < 4.78 is 0. The molecule has 3 rings (SSSR count). The molecule has 100 valence electrons. The number of nitrogens with zero attached hydrogens (tertiary/aromatic N) is 1. The van der Waals surface area contributed by atoms with Gasteiger partial charge >= 0.3 is 0 Å². The Morgan fingerprint density at radius 2 is 1.80 bits per heavy atom. The first-order chi connectivity index (χ1) is 9.79. The molecule has 0 bridgehead atoms. The second kappa shape index (κ2) is 5.33. The molecule has 1 atom stereocenters. The van der Waals surface area contributed by atoms with Crippen molar-refractivity contribution in [3.8, 4) is 0 Å². The Hall–Kier alpha value is -2.35. The largest absolute Gasteiger partial charge is 0.334 e. The number of hydrogen-bond acceptors (Lipinski definition) is 1. The predicted molar refractivity (Wildman–Crippen MR) is 80.3 cm³/mol. The van der Waals surface area contributed by atoms with Crippen molar-refractivity contribution in [2.24, 2.45) is 0 Å². The first-order valence-corrected chi connectivity index (χ1v) is 6.83. The van der Waals surface area contributed by atoms with E-state index in [-0.39, 0.29) is 11.8 Å². The van der Waals surface area contributed by atoms with Gasteiger partial charge in [0.05, 0.1) is 0 Å². The summed E-state index contributed by atoms with van der Waals surface area (Å²) in [5.74, 6) is 0.241. The van der Waals surface area contributed by atoms with Crippen LogP contribution < -0.4 is 0 Å². The first-order valence-electron chi connectivity index (χ1n) is 6.83. The lowest BCUT2D eigenvalue weighted by atomic mass is 9.84. The van der Waals surface area contributed by atoms with E-state index in [4.69, 9.17) is 0 Å². The first kappa shape index (κ1) is 12.7. The van der Waals surface area contributed by atoms with Gasteiger partial charge in [-0.1, -0.05) is 61.2 Å². The van der Waals surface area contributed by atoms with Crippen molar-refractivity contribution in [3.63, 3.8) is 0 Å². The van der Waals surface area contributed by atoms with Crippen LogP contribution in [0.2, 0.25) is 0 Å². The van der Waals surface area contributed by atoms with Gasteiger partial charge in [-0.2, -0.15) is 0 Å². The monoisotopic (exact) mass is 263 g/mol. The summed E-state index contributed by atoms with van der Waals surface area (Å²) in [6, 6.07) is 18.7. The summed E-state index contributed by atoms with van der Waals surface area (Å²) in [4.78, 5) is 13.8. The Balaban J connectivity index is 2.04. The molecule has 1 aliphatic heterocycles. The van der Waals surface area contributed by atoms with E-state index in [1.54, 1.807) is 0 Å². The van der Waals surface area contributed by atoms with E-state index in [0.717, 1.165) is 0 Å². The fourth-order valence-corrected chi connectivity index (χ4v) is 2.87. The molecular formula is C18H17NO. The molecule has 0 spiro atoms. The number of amides is 1. The molecule has 2 heteroatoms. The zero-order valence-corrected chi connectivity index (χ0v) is 11.3. The van der Waals surface area contributed by atoms with Crippen LogP contribution in [0.3, 0.4) is 0 Å². The molecule has 0 saturated carbocycles. The number of rotatable bonds is 2. The van der Waals surface area contributed by atoms with E-state index in [0.29, 0.717) is 13.1 Å². The van der Waals surface area contributed by atoms with Gasteiger partial charge < -0.3 is 4.90 Å². The number of fused-ring (bicyclic) bond motifs is 1. The van der Waals surface area contributed by atoms with Crippen LogP contribution in [0.5, 0.6) is 0 Å². The lowest BCUT2D eigenvalue weighted by Gasteiger charge is -2.34. The maximum Gasteiger partial charge on any atom is 0.246 e. The van der Waals surface area contributed by atoms with Crippen LogP contribution in [0.15, 0.2) is 67.3 Å². The van der Waals surface area contributed by atoms with Gasteiger partial charge in [0.2, 0.25) is 5.91 Å². The Morgan fingerprint density at radius 1 is 1.10 bits per heavy atom. The van der Waals surface area contributed by atoms with E-state index in [1.165, 1.54) is 22.8 Å². The Morgan fingerprint density at radius 3 is 2.55 bits per heavy atom. The Bertz CT molecular complexity index is 633. The second-order valence-electron chi connectivity index (χ2n) is 5.08. The molecule has 1 heterocycles. The van der Waals surface area contributed by atoms with Crippen LogP contribution in [0, 0.1) is 0 Å². The molecule has 0 radical (unpaired) electrons. The van der Waals surface area contributed by atoms with Gasteiger partial charge in [-0.3, -0.25) is 4.79 Å². The molecule has 0 N–H and O–H groups in total. The molecule has 0 fully saturated rings. The number of hydrogen-bond donors (Lipinski definition) is 0. The highest BCUT2D eigenvalue weighted by atomic mass is 16.2. The minimum atomic E-state index is 0.000402. The van der Waals surface area contributed by atoms with Gasteiger partial charge in [-0.05, 0) is 22.8 Å². The van der Waals surface area contributed by atoms with Gasteiger partial charge in [0, 0.05) is 19.0 Å². The molecule has 20 heavy (non-hydrogen) atoms. The van der Waals surface area contributed by atoms with E-state index < -0.39 is 0 Å². The SMILES string of the molecule is C=CC(=O)N1Cc2ccccc2[C@@H](c2ccccc2)C1. The van der Waals surface area contributed by atoms with Crippen molar-refractivity contribution in [1.82, 2.24) is 4.90 Å². The third kappa shape index (κ3) is 2.25. The normalized spacial score (nSPS) is 17.4. The van der Waals surface area contributed by atoms with E-state index in [9.17, 15) is 4.79 Å². The van der Waals surface area contributed by atoms with Crippen molar-refractivity contribution < 1.29 is 4.79 Å². The summed E-state index contributed by atoms with van der Waals surface area (Å²) in [5, 5.41) is 0. The third-order valence-electron chi connectivity index (χ3n) is 3.88. The summed E-state index contributed by atoms with van der Waals surface area (Å²) >= 11 is 0. The van der Waals surface area contributed by atoms with Crippen molar-refractivity contribution in [1.29, 1.82) is 0 Å². The number of benzene rings is 2. The van der Waals surface area contributed by atoms with Gasteiger partial charge in [0.25, 0.3) is 0 Å². The van der Waals surface area contributed by atoms with Crippen molar-refractivity contribution >= 4 is 5.91 Å². The molecular weight excluding hydrogens is 246 g/mol. The fourth-order valence-electron chi connectivity index (χ4n) is 2.87. The van der Waals surface area contributed by atoms with Crippen molar-refractivity contribution in [2.45, 2.75) is 12.5 Å². The fraction of sp³-hybridized carbons (Fsp3) is 0.167. The molecule has 0 saturated heterocycles. The quantitative estimate of drug-likeness (QED) is 0.761. The average molecular weight is 263 g/mol. The maximum absolute atomic E-state index is 12.0. The summed E-state index contributed by atoms with van der Waals surface area (Å²) in [6.07, 6.45) is 1.40. The van der Waals surface area contributed by atoms with E-state index in [2.05, 4.69) is 36.9 Å². The molecule has 2 aromatic carbocycles. The van der Waals surface area contributed by atoms with Crippen molar-refractivity contribution in [3.05, 3.63) is 83.9 Å². The Kier molecular flexibility index (Phi) is 3.38. The van der Waals surface area contributed by atoms with E-state index in [1.807, 2.05) is 29.2 Å². The van der Waals surface area contributed by atoms with Crippen LogP contribution in [0.25, 0.3) is 0 Å². The summed E-state index contributed by atoms with van der Waals surface area (Å²) in [5.41, 5.74) is 3.80. The second-order valence-corrected chi connectivity index (χ2v) is 5.08. The highest BCUT2D eigenvalue weighted by Gasteiger charge is 2.27. The van der Waals surface area contributed by atoms with Gasteiger partial charge in [0.15, 0.2) is 0 Å². The molecule has 0 aromatic heterocycles.